The number of Topliss-reactive ketones (excluding diaryl/α,β-unsaturated/α-hetero) is 1. The summed E-state index contributed by atoms with van der Waals surface area (Å²) in [6.45, 7) is 5.17. The van der Waals surface area contributed by atoms with Crippen LogP contribution in [0.25, 0.3) is 11.3 Å². The highest BCUT2D eigenvalue weighted by atomic mass is 19.1. The molecule has 0 saturated carbocycles. The van der Waals surface area contributed by atoms with Crippen LogP contribution in [0.15, 0.2) is 30.3 Å². The first-order valence-corrected chi connectivity index (χ1v) is 14.1. The zero-order chi connectivity index (χ0) is 24.9. The number of hydrogen-bond donors (Lipinski definition) is 0. The van der Waals surface area contributed by atoms with Crippen LogP contribution in [0.3, 0.4) is 0 Å². The molecule has 0 fully saturated rings. The molecule has 0 N–H and O–H groups in total. The Kier molecular flexibility index (Phi) is 11.7. The number of aromatic nitrogens is 1. The summed E-state index contributed by atoms with van der Waals surface area (Å²) >= 11 is 0. The second-order valence-electron chi connectivity index (χ2n) is 10.1. The van der Waals surface area contributed by atoms with Crippen molar-refractivity contribution in [3.63, 3.8) is 0 Å². The summed E-state index contributed by atoms with van der Waals surface area (Å²) in [5.74, 6) is 0.112. The fraction of sp³-hybridized carbons (Fsp3) is 0.613. The van der Waals surface area contributed by atoms with E-state index in [1.807, 2.05) is 30.3 Å². The van der Waals surface area contributed by atoms with E-state index in [1.165, 1.54) is 57.8 Å². The van der Waals surface area contributed by atoms with Gasteiger partial charge in [0.1, 0.15) is 5.75 Å². The van der Waals surface area contributed by atoms with Crippen LogP contribution in [0.5, 0.6) is 5.75 Å². The largest absolute Gasteiger partial charge is 0.494 e. The molecule has 1 aromatic carbocycles. The molecule has 0 bridgehead atoms. The van der Waals surface area contributed by atoms with Gasteiger partial charge in [-0.2, -0.15) is 4.39 Å². The van der Waals surface area contributed by atoms with Crippen LogP contribution in [-0.4, -0.2) is 17.4 Å². The Morgan fingerprint density at radius 1 is 0.886 bits per heavy atom. The van der Waals surface area contributed by atoms with E-state index < -0.39 is 5.95 Å². The van der Waals surface area contributed by atoms with E-state index in [9.17, 15) is 4.79 Å². The molecule has 4 heteroatoms. The van der Waals surface area contributed by atoms with Crippen LogP contribution in [-0.2, 0) is 6.42 Å². The highest BCUT2D eigenvalue weighted by Crippen LogP contribution is 2.33. The van der Waals surface area contributed by atoms with E-state index in [2.05, 4.69) is 18.8 Å². The summed E-state index contributed by atoms with van der Waals surface area (Å²) < 4.78 is 20.9. The normalized spacial score (nSPS) is 15.3. The minimum atomic E-state index is -0.612. The quantitative estimate of drug-likeness (QED) is 0.177. The molecule has 0 saturated heterocycles. The summed E-state index contributed by atoms with van der Waals surface area (Å²) in [5, 5.41) is 0. The fourth-order valence-electron chi connectivity index (χ4n) is 5.07. The SMILES string of the molecule is CCCCCCCCOc1ccc(-c2cc3c(c(F)n2)C(=O)C(CCCCCCCC)CC3)cc1. The summed E-state index contributed by atoms with van der Waals surface area (Å²) in [4.78, 5) is 17.2. The van der Waals surface area contributed by atoms with E-state index >= 15 is 4.39 Å². The topological polar surface area (TPSA) is 39.2 Å². The molecular formula is C31H44FNO2. The third-order valence-corrected chi connectivity index (χ3v) is 7.26. The monoisotopic (exact) mass is 481 g/mol. The number of pyridine rings is 1. The van der Waals surface area contributed by atoms with Crippen LogP contribution in [0.4, 0.5) is 4.39 Å². The molecule has 2 aromatic rings. The van der Waals surface area contributed by atoms with Gasteiger partial charge in [0.25, 0.3) is 0 Å². The molecule has 1 heterocycles. The minimum Gasteiger partial charge on any atom is -0.494 e. The van der Waals surface area contributed by atoms with Crippen molar-refractivity contribution < 1.29 is 13.9 Å². The number of nitrogens with zero attached hydrogens (tertiary/aromatic N) is 1. The third-order valence-electron chi connectivity index (χ3n) is 7.26. The third kappa shape index (κ3) is 8.44. The van der Waals surface area contributed by atoms with Crippen molar-refractivity contribution in [2.75, 3.05) is 6.61 Å². The van der Waals surface area contributed by atoms with E-state index in [4.69, 9.17) is 4.74 Å². The van der Waals surface area contributed by atoms with Crippen LogP contribution >= 0.6 is 0 Å². The molecular weight excluding hydrogens is 437 g/mol. The molecule has 0 radical (unpaired) electrons. The smallest absolute Gasteiger partial charge is 0.224 e. The highest BCUT2D eigenvalue weighted by Gasteiger charge is 2.31. The number of aryl methyl sites for hydroxylation is 1. The maximum atomic E-state index is 15.0. The molecule has 0 spiro atoms. The number of benzene rings is 1. The average Bonchev–Trinajstić information content (AvgIpc) is 2.87. The predicted molar refractivity (Wildman–Crippen MR) is 143 cm³/mol. The van der Waals surface area contributed by atoms with Crippen molar-refractivity contribution in [3.05, 3.63) is 47.4 Å². The van der Waals surface area contributed by atoms with E-state index in [-0.39, 0.29) is 17.3 Å². The number of rotatable bonds is 16. The van der Waals surface area contributed by atoms with E-state index in [1.54, 1.807) is 0 Å². The zero-order valence-electron chi connectivity index (χ0n) is 21.9. The second kappa shape index (κ2) is 15.0. The van der Waals surface area contributed by atoms with Gasteiger partial charge in [-0.1, -0.05) is 84.5 Å². The lowest BCUT2D eigenvalue weighted by atomic mass is 9.80. The van der Waals surface area contributed by atoms with Gasteiger partial charge in [-0.25, -0.2) is 4.98 Å². The first kappa shape index (κ1) is 27.4. The maximum Gasteiger partial charge on any atom is 0.224 e. The van der Waals surface area contributed by atoms with Crippen molar-refractivity contribution in [2.24, 2.45) is 5.92 Å². The van der Waals surface area contributed by atoms with E-state index in [0.29, 0.717) is 5.69 Å². The van der Waals surface area contributed by atoms with Crippen LogP contribution in [0.1, 0.15) is 120 Å². The molecule has 1 aromatic heterocycles. The average molecular weight is 482 g/mol. The Bertz CT molecular complexity index is 909. The van der Waals surface area contributed by atoms with Crippen molar-refractivity contribution in [1.29, 1.82) is 0 Å². The molecule has 1 atom stereocenters. The fourth-order valence-corrected chi connectivity index (χ4v) is 5.07. The lowest BCUT2D eigenvalue weighted by Gasteiger charge is -2.24. The Balaban J connectivity index is 1.52. The zero-order valence-corrected chi connectivity index (χ0v) is 21.9. The van der Waals surface area contributed by atoms with Gasteiger partial charge in [0.05, 0.1) is 17.9 Å². The standard InChI is InChI=1S/C31H44FNO2/c1-3-5-7-9-11-13-15-25-16-17-26-23-28(33-31(32)29(26)30(25)34)24-18-20-27(21-19-24)35-22-14-12-10-8-6-4-2/h18-21,23,25H,3-17,22H2,1-2H3. The summed E-state index contributed by atoms with van der Waals surface area (Å²) in [7, 11) is 0. The maximum absolute atomic E-state index is 15.0. The van der Waals surface area contributed by atoms with Crippen LogP contribution in [0.2, 0.25) is 0 Å². The Morgan fingerprint density at radius 2 is 1.51 bits per heavy atom. The van der Waals surface area contributed by atoms with Crippen molar-refractivity contribution in [2.45, 2.75) is 110 Å². The number of hydrogen-bond acceptors (Lipinski definition) is 3. The van der Waals surface area contributed by atoms with Crippen LogP contribution < -0.4 is 4.74 Å². The lowest BCUT2D eigenvalue weighted by Crippen LogP contribution is -2.25. The van der Waals surface area contributed by atoms with Gasteiger partial charge in [-0.15, -0.1) is 0 Å². The molecule has 0 amide bonds. The number of fused-ring (bicyclic) bond motifs is 1. The van der Waals surface area contributed by atoms with Gasteiger partial charge in [0, 0.05) is 11.5 Å². The number of ketones is 1. The predicted octanol–water partition coefficient (Wildman–Crippen LogP) is 9.12. The number of carbonyl (C=O) groups excluding carboxylic acids is 1. The van der Waals surface area contributed by atoms with Gasteiger partial charge in [0.2, 0.25) is 5.95 Å². The number of halogens is 1. The highest BCUT2D eigenvalue weighted by molar-refractivity contribution is 6.00. The molecule has 192 valence electrons. The Morgan fingerprint density at radius 3 is 2.20 bits per heavy atom. The molecule has 0 aliphatic heterocycles. The molecule has 1 unspecified atom stereocenters. The Hall–Kier alpha value is -2.23. The lowest BCUT2D eigenvalue weighted by molar-refractivity contribution is 0.0886. The number of ether oxygens (including phenoxy) is 1. The van der Waals surface area contributed by atoms with E-state index in [0.717, 1.165) is 62.0 Å². The van der Waals surface area contributed by atoms with Gasteiger partial charge in [0.15, 0.2) is 5.78 Å². The number of carbonyl (C=O) groups is 1. The Labute approximate surface area is 211 Å². The minimum absolute atomic E-state index is 0.0465. The summed E-state index contributed by atoms with van der Waals surface area (Å²) in [5.41, 5.74) is 2.47. The summed E-state index contributed by atoms with van der Waals surface area (Å²) in [6.07, 6.45) is 17.1. The van der Waals surface area contributed by atoms with Gasteiger partial charge < -0.3 is 4.74 Å². The van der Waals surface area contributed by atoms with Gasteiger partial charge >= 0.3 is 0 Å². The van der Waals surface area contributed by atoms with Crippen molar-refractivity contribution >= 4 is 5.78 Å². The van der Waals surface area contributed by atoms with Crippen LogP contribution in [0, 0.1) is 11.9 Å². The molecule has 1 aliphatic rings. The number of unbranched alkanes of at least 4 members (excludes halogenated alkanes) is 10. The summed E-state index contributed by atoms with van der Waals surface area (Å²) in [6, 6.07) is 9.61. The molecule has 35 heavy (non-hydrogen) atoms. The van der Waals surface area contributed by atoms with Gasteiger partial charge in [-0.3, -0.25) is 4.79 Å². The molecule has 1 aliphatic carbocycles. The van der Waals surface area contributed by atoms with Crippen molar-refractivity contribution in [1.82, 2.24) is 4.98 Å². The van der Waals surface area contributed by atoms with Crippen molar-refractivity contribution in [3.8, 4) is 17.0 Å². The van der Waals surface area contributed by atoms with Gasteiger partial charge in [-0.05, 0) is 61.6 Å². The first-order chi connectivity index (χ1) is 17.1. The molecule has 3 rings (SSSR count). The first-order valence-electron chi connectivity index (χ1n) is 14.1. The second-order valence-corrected chi connectivity index (χ2v) is 10.1. The molecule has 3 nitrogen and oxygen atoms in total.